The molecule has 20 heavy (non-hydrogen) atoms. The number of hydrogen-bond donors (Lipinski definition) is 1. The number of nitrogens with zero attached hydrogens (tertiary/aromatic N) is 1. The minimum absolute atomic E-state index is 0.0993. The molecule has 100 valence electrons. The summed E-state index contributed by atoms with van der Waals surface area (Å²) in [7, 11) is 0. The van der Waals surface area contributed by atoms with Gasteiger partial charge in [0, 0.05) is 8.95 Å². The van der Waals surface area contributed by atoms with Crippen LogP contribution in [-0.4, -0.2) is 5.91 Å². The summed E-state index contributed by atoms with van der Waals surface area (Å²) in [5, 5.41) is 11.6. The van der Waals surface area contributed by atoms with E-state index in [1.54, 1.807) is 24.3 Å². The van der Waals surface area contributed by atoms with E-state index >= 15 is 0 Å². The van der Waals surface area contributed by atoms with Gasteiger partial charge in [-0.25, -0.2) is 0 Å². The molecule has 0 aliphatic rings. The van der Waals surface area contributed by atoms with E-state index in [-0.39, 0.29) is 12.3 Å². The summed E-state index contributed by atoms with van der Waals surface area (Å²) in [4.78, 5) is 12.0. The van der Waals surface area contributed by atoms with Crippen molar-refractivity contribution in [3.05, 3.63) is 62.5 Å². The molecule has 0 spiro atoms. The molecule has 0 atom stereocenters. The van der Waals surface area contributed by atoms with Gasteiger partial charge in [0.1, 0.15) is 0 Å². The van der Waals surface area contributed by atoms with Gasteiger partial charge in [0.05, 0.1) is 23.7 Å². The number of hydrogen-bond acceptors (Lipinski definition) is 2. The fourth-order valence-electron chi connectivity index (χ4n) is 1.67. The number of carbonyl (C=O) groups excluding carboxylic acids is 1. The molecule has 0 aliphatic carbocycles. The molecule has 0 saturated heterocycles. The largest absolute Gasteiger partial charge is 0.325 e. The fourth-order valence-corrected chi connectivity index (χ4v) is 2.81. The summed E-state index contributed by atoms with van der Waals surface area (Å²) >= 11 is 6.76. The number of benzene rings is 2. The van der Waals surface area contributed by atoms with E-state index in [4.69, 9.17) is 5.26 Å². The third-order valence-electron chi connectivity index (χ3n) is 2.65. The standard InChI is InChI=1S/C15H10Br2N2O/c16-12-5-6-14(13(17)8-12)19-15(20)7-10-1-3-11(9-18)4-2-10/h1-6,8H,7H2,(H,19,20). The Balaban J connectivity index is 2.03. The maximum Gasteiger partial charge on any atom is 0.228 e. The van der Waals surface area contributed by atoms with Crippen molar-refractivity contribution in [1.82, 2.24) is 0 Å². The molecular weight excluding hydrogens is 384 g/mol. The summed E-state index contributed by atoms with van der Waals surface area (Å²) < 4.78 is 1.76. The molecule has 5 heteroatoms. The predicted molar refractivity (Wildman–Crippen MR) is 85.3 cm³/mol. The average molecular weight is 394 g/mol. The third-order valence-corrected chi connectivity index (χ3v) is 3.80. The van der Waals surface area contributed by atoms with Gasteiger partial charge in [-0.1, -0.05) is 28.1 Å². The van der Waals surface area contributed by atoms with Gasteiger partial charge in [0.25, 0.3) is 0 Å². The van der Waals surface area contributed by atoms with E-state index in [1.165, 1.54) is 0 Å². The zero-order valence-corrected chi connectivity index (χ0v) is 13.5. The second-order valence-electron chi connectivity index (χ2n) is 4.16. The topological polar surface area (TPSA) is 52.9 Å². The summed E-state index contributed by atoms with van der Waals surface area (Å²) in [6.45, 7) is 0. The molecule has 2 aromatic rings. The van der Waals surface area contributed by atoms with E-state index in [2.05, 4.69) is 37.2 Å². The van der Waals surface area contributed by atoms with Crippen LogP contribution < -0.4 is 5.32 Å². The Kier molecular flexibility index (Phi) is 4.94. The summed E-state index contributed by atoms with van der Waals surface area (Å²) in [5.41, 5.74) is 2.19. The minimum atomic E-state index is -0.0993. The van der Waals surface area contributed by atoms with Crippen molar-refractivity contribution in [2.75, 3.05) is 5.32 Å². The van der Waals surface area contributed by atoms with E-state index in [0.29, 0.717) is 5.56 Å². The van der Waals surface area contributed by atoms with Crippen LogP contribution >= 0.6 is 31.9 Å². The molecule has 0 saturated carbocycles. The van der Waals surface area contributed by atoms with Gasteiger partial charge in [-0.2, -0.15) is 5.26 Å². The van der Waals surface area contributed by atoms with Gasteiger partial charge in [0.2, 0.25) is 5.91 Å². The molecule has 3 nitrogen and oxygen atoms in total. The highest BCUT2D eigenvalue weighted by atomic mass is 79.9. The number of carbonyl (C=O) groups is 1. The molecule has 0 fully saturated rings. The van der Waals surface area contributed by atoms with Crippen molar-refractivity contribution in [2.24, 2.45) is 0 Å². The Bertz CT molecular complexity index is 675. The average Bonchev–Trinajstić information content (AvgIpc) is 2.43. The van der Waals surface area contributed by atoms with Crippen molar-refractivity contribution in [3.63, 3.8) is 0 Å². The van der Waals surface area contributed by atoms with E-state index in [1.807, 2.05) is 24.3 Å². The second kappa shape index (κ2) is 6.69. The first-order valence-corrected chi connectivity index (χ1v) is 7.41. The third kappa shape index (κ3) is 3.92. The zero-order chi connectivity index (χ0) is 14.5. The second-order valence-corrected chi connectivity index (χ2v) is 5.93. The SMILES string of the molecule is N#Cc1ccc(CC(=O)Nc2ccc(Br)cc2Br)cc1. The minimum Gasteiger partial charge on any atom is -0.325 e. The molecule has 0 unspecified atom stereocenters. The lowest BCUT2D eigenvalue weighted by Crippen LogP contribution is -2.14. The highest BCUT2D eigenvalue weighted by molar-refractivity contribution is 9.11. The van der Waals surface area contributed by atoms with Gasteiger partial charge in [-0.05, 0) is 51.8 Å². The van der Waals surface area contributed by atoms with Crippen LogP contribution in [0.1, 0.15) is 11.1 Å². The van der Waals surface area contributed by atoms with Gasteiger partial charge in [0.15, 0.2) is 0 Å². The number of amides is 1. The maximum atomic E-state index is 12.0. The highest BCUT2D eigenvalue weighted by Gasteiger charge is 2.07. The van der Waals surface area contributed by atoms with Crippen LogP contribution in [-0.2, 0) is 11.2 Å². The van der Waals surface area contributed by atoms with Crippen molar-refractivity contribution in [3.8, 4) is 6.07 Å². The zero-order valence-electron chi connectivity index (χ0n) is 10.4. The van der Waals surface area contributed by atoms with Gasteiger partial charge < -0.3 is 5.32 Å². The number of rotatable bonds is 3. The molecule has 0 aromatic heterocycles. The first kappa shape index (κ1) is 14.8. The van der Waals surface area contributed by atoms with Crippen LogP contribution in [0.3, 0.4) is 0 Å². The van der Waals surface area contributed by atoms with Crippen LogP contribution in [0.2, 0.25) is 0 Å². The normalized spacial score (nSPS) is 9.85. The van der Waals surface area contributed by atoms with Gasteiger partial charge in [-0.15, -0.1) is 0 Å². The molecule has 2 rings (SSSR count). The molecule has 1 amide bonds. The molecule has 0 radical (unpaired) electrons. The Morgan fingerprint density at radius 1 is 1.15 bits per heavy atom. The van der Waals surface area contributed by atoms with Crippen LogP contribution in [0.5, 0.6) is 0 Å². The highest BCUT2D eigenvalue weighted by Crippen LogP contribution is 2.26. The van der Waals surface area contributed by atoms with Gasteiger partial charge >= 0.3 is 0 Å². The first-order chi connectivity index (χ1) is 9.58. The summed E-state index contributed by atoms with van der Waals surface area (Å²) in [6.07, 6.45) is 0.272. The molecule has 1 N–H and O–H groups in total. The fraction of sp³-hybridized carbons (Fsp3) is 0.0667. The number of nitrogens with one attached hydrogen (secondary N) is 1. The van der Waals surface area contributed by atoms with Crippen LogP contribution in [0.25, 0.3) is 0 Å². The lowest BCUT2D eigenvalue weighted by atomic mass is 10.1. The smallest absolute Gasteiger partial charge is 0.228 e. The van der Waals surface area contributed by atoms with E-state index < -0.39 is 0 Å². The number of anilines is 1. The molecular formula is C15H10Br2N2O. The quantitative estimate of drug-likeness (QED) is 0.846. The van der Waals surface area contributed by atoms with E-state index in [9.17, 15) is 4.79 Å². The Labute approximate surface area is 133 Å². The number of halogens is 2. The molecule has 0 aliphatic heterocycles. The predicted octanol–water partition coefficient (Wildman–Crippen LogP) is 4.26. The van der Waals surface area contributed by atoms with Crippen molar-refractivity contribution in [1.29, 1.82) is 5.26 Å². The van der Waals surface area contributed by atoms with Gasteiger partial charge in [-0.3, -0.25) is 4.79 Å². The first-order valence-electron chi connectivity index (χ1n) is 5.82. The lowest BCUT2D eigenvalue weighted by molar-refractivity contribution is -0.115. The molecule has 0 heterocycles. The monoisotopic (exact) mass is 392 g/mol. The Morgan fingerprint density at radius 2 is 1.85 bits per heavy atom. The summed E-state index contributed by atoms with van der Waals surface area (Å²) in [5.74, 6) is -0.0993. The molecule has 2 aromatic carbocycles. The van der Waals surface area contributed by atoms with Crippen LogP contribution in [0.15, 0.2) is 51.4 Å². The maximum absolute atomic E-state index is 12.0. The Hall–Kier alpha value is -1.64. The lowest BCUT2D eigenvalue weighted by Gasteiger charge is -2.08. The van der Waals surface area contributed by atoms with Crippen molar-refractivity contribution < 1.29 is 4.79 Å². The van der Waals surface area contributed by atoms with Crippen molar-refractivity contribution in [2.45, 2.75) is 6.42 Å². The number of nitriles is 1. The molecule has 0 bridgehead atoms. The Morgan fingerprint density at radius 3 is 2.45 bits per heavy atom. The van der Waals surface area contributed by atoms with Crippen LogP contribution in [0.4, 0.5) is 5.69 Å². The summed E-state index contributed by atoms with van der Waals surface area (Å²) in [6, 6.07) is 14.6. The van der Waals surface area contributed by atoms with Crippen molar-refractivity contribution >= 4 is 43.5 Å². The van der Waals surface area contributed by atoms with Crippen LogP contribution in [0, 0.1) is 11.3 Å². The van der Waals surface area contributed by atoms with E-state index in [0.717, 1.165) is 20.2 Å².